The summed E-state index contributed by atoms with van der Waals surface area (Å²) in [5.41, 5.74) is 2.53. The second-order valence-electron chi connectivity index (χ2n) is 6.33. The van der Waals surface area contributed by atoms with Crippen LogP contribution in [0.15, 0.2) is 0 Å². The van der Waals surface area contributed by atoms with Crippen LogP contribution in [0.4, 0.5) is 0 Å². The number of fused-ring (bicyclic) bond motifs is 1. The lowest BCUT2D eigenvalue weighted by atomic mass is 9.95. The van der Waals surface area contributed by atoms with Gasteiger partial charge in [-0.05, 0) is 25.7 Å². The Bertz CT molecular complexity index is 669. The molecule has 0 radical (unpaired) electrons. The number of carbonyl (C=O) groups excluding carboxylic acids is 3. The van der Waals surface area contributed by atoms with Crippen LogP contribution in [-0.4, -0.2) is 70.4 Å². The summed E-state index contributed by atoms with van der Waals surface area (Å²) in [6, 6.07) is -0.653. The van der Waals surface area contributed by atoms with Gasteiger partial charge in [-0.15, -0.1) is 0 Å². The minimum Gasteiger partial charge on any atom is -0.357 e. The second kappa shape index (κ2) is 6.62. The fourth-order valence-corrected chi connectivity index (χ4v) is 3.54. The summed E-state index contributed by atoms with van der Waals surface area (Å²) in [5.74, 6) is -0.578. The maximum Gasteiger partial charge on any atom is 0.274 e. The number of amides is 3. The first-order valence-electron chi connectivity index (χ1n) is 8.37. The molecule has 1 saturated heterocycles. The zero-order chi connectivity index (χ0) is 17.3. The number of aromatic amines is 1. The first-order chi connectivity index (χ1) is 11.5. The number of hydrogen-bond acceptors (Lipinski definition) is 4. The molecule has 0 aromatic carbocycles. The van der Waals surface area contributed by atoms with Crippen LogP contribution < -0.4 is 5.32 Å². The molecule has 1 aromatic heterocycles. The molecule has 24 heavy (non-hydrogen) atoms. The molecule has 0 bridgehead atoms. The second-order valence-corrected chi connectivity index (χ2v) is 6.33. The van der Waals surface area contributed by atoms with Crippen molar-refractivity contribution in [1.29, 1.82) is 0 Å². The van der Waals surface area contributed by atoms with E-state index in [1.54, 1.807) is 4.90 Å². The van der Waals surface area contributed by atoms with Crippen LogP contribution in [0.3, 0.4) is 0 Å². The van der Waals surface area contributed by atoms with Gasteiger partial charge in [-0.3, -0.25) is 19.5 Å². The van der Waals surface area contributed by atoms with Crippen LogP contribution in [0.1, 0.15) is 41.5 Å². The van der Waals surface area contributed by atoms with E-state index in [0.29, 0.717) is 18.8 Å². The Kier molecular flexibility index (Phi) is 4.55. The molecule has 2 aliphatic rings. The van der Waals surface area contributed by atoms with E-state index in [1.807, 2.05) is 0 Å². The van der Waals surface area contributed by atoms with E-state index < -0.39 is 6.04 Å². The number of piperazine rings is 1. The van der Waals surface area contributed by atoms with E-state index in [9.17, 15) is 14.4 Å². The van der Waals surface area contributed by atoms with Gasteiger partial charge in [-0.2, -0.15) is 5.10 Å². The summed E-state index contributed by atoms with van der Waals surface area (Å²) in [6.07, 6.45) is 3.96. The van der Waals surface area contributed by atoms with Crippen molar-refractivity contribution in [2.45, 2.75) is 38.6 Å². The standard InChI is InChI=1S/C16H23N5O3/c1-10(22)21-8-7-20(9-13(21)15(23)17-2)16(24)14-11-5-3-4-6-12(11)18-19-14/h13H,3-9H2,1-2H3,(H,17,23)(H,18,19). The number of aryl methyl sites for hydroxylation is 1. The maximum atomic E-state index is 12.9. The van der Waals surface area contributed by atoms with Crippen LogP contribution in [-0.2, 0) is 22.4 Å². The van der Waals surface area contributed by atoms with E-state index in [-0.39, 0.29) is 24.3 Å². The predicted molar refractivity (Wildman–Crippen MR) is 86.4 cm³/mol. The van der Waals surface area contributed by atoms with Crippen LogP contribution in [0.25, 0.3) is 0 Å². The van der Waals surface area contributed by atoms with E-state index >= 15 is 0 Å². The first-order valence-corrected chi connectivity index (χ1v) is 8.37. The monoisotopic (exact) mass is 333 g/mol. The molecule has 1 unspecified atom stereocenters. The van der Waals surface area contributed by atoms with E-state index in [2.05, 4.69) is 15.5 Å². The third-order valence-electron chi connectivity index (χ3n) is 4.88. The minimum absolute atomic E-state index is 0.159. The zero-order valence-corrected chi connectivity index (χ0v) is 14.1. The lowest BCUT2D eigenvalue weighted by molar-refractivity contribution is -0.141. The molecule has 0 saturated carbocycles. The smallest absolute Gasteiger partial charge is 0.274 e. The van der Waals surface area contributed by atoms with Gasteiger partial charge in [0, 0.05) is 38.3 Å². The molecule has 0 spiro atoms. The molecule has 1 atom stereocenters. The Morgan fingerprint density at radius 2 is 1.96 bits per heavy atom. The fraction of sp³-hybridized carbons (Fsp3) is 0.625. The lowest BCUT2D eigenvalue weighted by Crippen LogP contribution is -2.61. The molecule has 8 nitrogen and oxygen atoms in total. The van der Waals surface area contributed by atoms with Crippen molar-refractivity contribution in [2.75, 3.05) is 26.7 Å². The average molecular weight is 333 g/mol. The number of H-pyrrole nitrogens is 1. The van der Waals surface area contributed by atoms with Crippen molar-refractivity contribution >= 4 is 17.7 Å². The molecule has 3 rings (SSSR count). The summed E-state index contributed by atoms with van der Waals surface area (Å²) < 4.78 is 0. The fourth-order valence-electron chi connectivity index (χ4n) is 3.54. The molecule has 130 valence electrons. The summed E-state index contributed by atoms with van der Waals surface area (Å²) >= 11 is 0. The number of rotatable bonds is 2. The predicted octanol–water partition coefficient (Wildman–Crippen LogP) is -0.293. The molecule has 1 aromatic rings. The summed E-state index contributed by atoms with van der Waals surface area (Å²) in [5, 5.41) is 9.77. The molecule has 2 N–H and O–H groups in total. The van der Waals surface area contributed by atoms with Crippen molar-refractivity contribution < 1.29 is 14.4 Å². The van der Waals surface area contributed by atoms with Gasteiger partial charge >= 0.3 is 0 Å². The summed E-state index contributed by atoms with van der Waals surface area (Å²) in [6.45, 7) is 2.40. The normalized spacial score (nSPS) is 20.5. The Morgan fingerprint density at radius 3 is 2.67 bits per heavy atom. The van der Waals surface area contributed by atoms with Gasteiger partial charge in [0.15, 0.2) is 5.69 Å². The van der Waals surface area contributed by atoms with Crippen molar-refractivity contribution in [2.24, 2.45) is 0 Å². The quantitative estimate of drug-likeness (QED) is 0.777. The Labute approximate surface area is 140 Å². The van der Waals surface area contributed by atoms with Gasteiger partial charge in [0.25, 0.3) is 5.91 Å². The third-order valence-corrected chi connectivity index (χ3v) is 4.88. The molecule has 1 aliphatic heterocycles. The van der Waals surface area contributed by atoms with Crippen LogP contribution in [0, 0.1) is 0 Å². The highest BCUT2D eigenvalue weighted by molar-refractivity contribution is 5.95. The number of carbonyl (C=O) groups is 3. The number of aromatic nitrogens is 2. The third kappa shape index (κ3) is 2.88. The van der Waals surface area contributed by atoms with Gasteiger partial charge in [0.05, 0.1) is 6.54 Å². The molecule has 3 amide bonds. The van der Waals surface area contributed by atoms with Crippen LogP contribution >= 0.6 is 0 Å². The van der Waals surface area contributed by atoms with Gasteiger partial charge in [-0.1, -0.05) is 0 Å². The van der Waals surface area contributed by atoms with Gasteiger partial charge in [0.1, 0.15) is 6.04 Å². The molecule has 1 aliphatic carbocycles. The van der Waals surface area contributed by atoms with Crippen molar-refractivity contribution in [3.8, 4) is 0 Å². The maximum absolute atomic E-state index is 12.9. The van der Waals surface area contributed by atoms with E-state index in [1.165, 1.54) is 18.9 Å². The lowest BCUT2D eigenvalue weighted by Gasteiger charge is -2.39. The Morgan fingerprint density at radius 1 is 1.21 bits per heavy atom. The topological polar surface area (TPSA) is 98.4 Å². The van der Waals surface area contributed by atoms with Crippen molar-refractivity contribution in [1.82, 2.24) is 25.3 Å². The van der Waals surface area contributed by atoms with E-state index in [4.69, 9.17) is 0 Å². The van der Waals surface area contributed by atoms with Crippen molar-refractivity contribution in [3.63, 3.8) is 0 Å². The highest BCUT2D eigenvalue weighted by atomic mass is 16.2. The summed E-state index contributed by atoms with van der Waals surface area (Å²) in [4.78, 5) is 39.9. The number of nitrogens with zero attached hydrogens (tertiary/aromatic N) is 3. The molecule has 1 fully saturated rings. The number of hydrogen-bond donors (Lipinski definition) is 2. The SMILES string of the molecule is CNC(=O)C1CN(C(=O)c2n[nH]c3c2CCCC3)CCN1C(C)=O. The highest BCUT2D eigenvalue weighted by Crippen LogP contribution is 2.24. The van der Waals surface area contributed by atoms with Crippen LogP contribution in [0.5, 0.6) is 0 Å². The van der Waals surface area contributed by atoms with E-state index in [0.717, 1.165) is 36.9 Å². The Balaban J connectivity index is 1.80. The summed E-state index contributed by atoms with van der Waals surface area (Å²) in [7, 11) is 1.53. The van der Waals surface area contributed by atoms with Crippen molar-refractivity contribution in [3.05, 3.63) is 17.0 Å². The number of nitrogens with one attached hydrogen (secondary N) is 2. The highest BCUT2D eigenvalue weighted by Gasteiger charge is 2.36. The Hall–Kier alpha value is -2.38. The van der Waals surface area contributed by atoms with Crippen LogP contribution in [0.2, 0.25) is 0 Å². The average Bonchev–Trinajstić information content (AvgIpc) is 3.03. The molecular weight excluding hydrogens is 310 g/mol. The first kappa shape index (κ1) is 16.5. The zero-order valence-electron chi connectivity index (χ0n) is 14.1. The van der Waals surface area contributed by atoms with Gasteiger partial charge in [-0.25, -0.2) is 0 Å². The molecule has 8 heteroatoms. The molecular formula is C16H23N5O3. The van der Waals surface area contributed by atoms with Gasteiger partial charge < -0.3 is 15.1 Å². The number of likely N-dealkylation sites (N-methyl/N-ethyl adjacent to an activating group) is 1. The molecule has 2 heterocycles. The minimum atomic E-state index is -0.653. The van der Waals surface area contributed by atoms with Gasteiger partial charge in [0.2, 0.25) is 11.8 Å². The largest absolute Gasteiger partial charge is 0.357 e.